The maximum atomic E-state index is 5.45. The Hall–Kier alpha value is -4.99. The van der Waals surface area contributed by atoms with E-state index in [0.717, 1.165) is 17.1 Å². The quantitative estimate of drug-likeness (QED) is 0.205. The summed E-state index contributed by atoms with van der Waals surface area (Å²) in [7, 11) is 0. The Kier molecular flexibility index (Phi) is 4.52. The average molecular weight is 527 g/mol. The maximum Gasteiger partial charge on any atom is 0.139 e. The summed E-state index contributed by atoms with van der Waals surface area (Å²) >= 11 is 1.87. The number of hydrogen-bond acceptors (Lipinski definition) is 2. The van der Waals surface area contributed by atoms with Crippen LogP contribution >= 0.6 is 11.3 Å². The molecule has 0 fully saturated rings. The van der Waals surface area contributed by atoms with E-state index in [1.54, 1.807) is 0 Å². The van der Waals surface area contributed by atoms with Crippen LogP contribution < -0.4 is 0 Å². The summed E-state index contributed by atoms with van der Waals surface area (Å²) in [6.45, 7) is 0. The zero-order valence-corrected chi connectivity index (χ0v) is 22.3. The Morgan fingerprint density at radius 3 is 2.10 bits per heavy atom. The number of para-hydroxylation sites is 1. The van der Waals surface area contributed by atoms with E-state index in [1.807, 2.05) is 11.3 Å². The number of benzene rings is 6. The molecule has 0 atom stereocenters. The third-order valence-corrected chi connectivity index (χ3v) is 9.37. The summed E-state index contributed by atoms with van der Waals surface area (Å²) in [5.74, 6) is 0.943. The van der Waals surface area contributed by atoms with Crippen molar-refractivity contribution in [1.82, 2.24) is 9.55 Å². The number of rotatable bonds is 2. The number of pyridine rings is 1. The molecule has 0 amide bonds. The van der Waals surface area contributed by atoms with Crippen molar-refractivity contribution in [2.45, 2.75) is 0 Å². The molecule has 9 rings (SSSR count). The lowest BCUT2D eigenvalue weighted by Gasteiger charge is -2.14. The molecule has 0 bridgehead atoms. The predicted molar refractivity (Wildman–Crippen MR) is 172 cm³/mol. The summed E-state index contributed by atoms with van der Waals surface area (Å²) in [6, 6.07) is 48.0. The van der Waals surface area contributed by atoms with E-state index in [9.17, 15) is 0 Å². The van der Waals surface area contributed by atoms with Crippen LogP contribution in [0.4, 0.5) is 0 Å². The van der Waals surface area contributed by atoms with Crippen molar-refractivity contribution >= 4 is 74.9 Å². The monoisotopic (exact) mass is 526 g/mol. The first-order chi connectivity index (χ1) is 19.8. The Bertz CT molecular complexity index is 2430. The van der Waals surface area contributed by atoms with E-state index in [-0.39, 0.29) is 0 Å². The van der Waals surface area contributed by atoms with Crippen molar-refractivity contribution < 1.29 is 0 Å². The second kappa shape index (κ2) is 8.25. The van der Waals surface area contributed by atoms with Gasteiger partial charge in [-0.15, -0.1) is 11.3 Å². The summed E-state index contributed by atoms with van der Waals surface area (Å²) in [4.78, 5) is 5.45. The molecule has 6 aromatic carbocycles. The highest BCUT2D eigenvalue weighted by Crippen LogP contribution is 2.43. The van der Waals surface area contributed by atoms with Crippen molar-refractivity contribution in [3.63, 3.8) is 0 Å². The topological polar surface area (TPSA) is 17.8 Å². The molecule has 0 aliphatic carbocycles. The van der Waals surface area contributed by atoms with E-state index in [1.165, 1.54) is 63.5 Å². The van der Waals surface area contributed by atoms with Gasteiger partial charge in [0, 0.05) is 37.2 Å². The Morgan fingerprint density at radius 1 is 0.500 bits per heavy atom. The second-order valence-electron chi connectivity index (χ2n) is 10.4. The standard InChI is InChI=1S/C37H22N2S/c1-2-11-24(12-3-1)35-28-19-18-23-10-4-5-13-25(23)31(28)22-34(38-35)39-32-16-8-6-14-26(32)29-20-21-30-27-15-7-9-17-33(27)40-37(30)36(29)39/h1-22H. The Balaban J connectivity index is 1.50. The van der Waals surface area contributed by atoms with Crippen LogP contribution in [0, 0.1) is 0 Å². The summed E-state index contributed by atoms with van der Waals surface area (Å²) < 4.78 is 5.01. The molecule has 0 radical (unpaired) electrons. The van der Waals surface area contributed by atoms with Gasteiger partial charge in [-0.25, -0.2) is 4.98 Å². The minimum atomic E-state index is 0.943. The fourth-order valence-corrected chi connectivity index (χ4v) is 7.63. The Morgan fingerprint density at radius 2 is 1.20 bits per heavy atom. The van der Waals surface area contributed by atoms with Crippen molar-refractivity contribution in [3.8, 4) is 17.1 Å². The van der Waals surface area contributed by atoms with E-state index < -0.39 is 0 Å². The number of hydrogen-bond donors (Lipinski definition) is 0. The van der Waals surface area contributed by atoms with Crippen LogP contribution in [0.25, 0.3) is 80.6 Å². The van der Waals surface area contributed by atoms with E-state index >= 15 is 0 Å². The molecule has 0 saturated heterocycles. The molecule has 0 spiro atoms. The highest BCUT2D eigenvalue weighted by atomic mass is 32.1. The van der Waals surface area contributed by atoms with Crippen LogP contribution in [-0.4, -0.2) is 9.55 Å². The van der Waals surface area contributed by atoms with E-state index in [0.29, 0.717) is 0 Å². The van der Waals surface area contributed by atoms with Crippen LogP contribution in [-0.2, 0) is 0 Å². The molecule has 0 saturated carbocycles. The largest absolute Gasteiger partial charge is 0.292 e. The normalized spacial score (nSPS) is 12.0. The molecule has 2 nitrogen and oxygen atoms in total. The fraction of sp³-hybridized carbons (Fsp3) is 0. The van der Waals surface area contributed by atoms with Gasteiger partial charge in [0.2, 0.25) is 0 Å². The summed E-state index contributed by atoms with van der Waals surface area (Å²) in [5, 5.41) is 9.98. The van der Waals surface area contributed by atoms with E-state index in [4.69, 9.17) is 4.98 Å². The van der Waals surface area contributed by atoms with Crippen LogP contribution in [0.5, 0.6) is 0 Å². The molecule has 0 aliphatic heterocycles. The maximum absolute atomic E-state index is 5.45. The van der Waals surface area contributed by atoms with Crippen molar-refractivity contribution in [2.24, 2.45) is 0 Å². The molecule has 0 unspecified atom stereocenters. The number of aromatic nitrogens is 2. The molecule has 9 aromatic rings. The SMILES string of the molecule is c1ccc(-c2nc(-n3c4ccccc4c4ccc5c6ccccc6sc5c43)cc3c2ccc2ccccc23)cc1. The van der Waals surface area contributed by atoms with Crippen LogP contribution in [0.2, 0.25) is 0 Å². The van der Waals surface area contributed by atoms with Gasteiger partial charge in [0.1, 0.15) is 5.82 Å². The van der Waals surface area contributed by atoms with Crippen molar-refractivity contribution in [2.75, 3.05) is 0 Å². The van der Waals surface area contributed by atoms with Crippen molar-refractivity contribution in [1.29, 1.82) is 0 Å². The lowest BCUT2D eigenvalue weighted by atomic mass is 9.98. The lowest BCUT2D eigenvalue weighted by Crippen LogP contribution is -2.00. The first-order valence-corrected chi connectivity index (χ1v) is 14.4. The van der Waals surface area contributed by atoms with Gasteiger partial charge in [-0.05, 0) is 34.4 Å². The van der Waals surface area contributed by atoms with Crippen LogP contribution in [0.15, 0.2) is 133 Å². The van der Waals surface area contributed by atoms with Crippen LogP contribution in [0.3, 0.4) is 0 Å². The molecule has 40 heavy (non-hydrogen) atoms. The third-order valence-electron chi connectivity index (χ3n) is 8.18. The molecule has 3 aromatic heterocycles. The van der Waals surface area contributed by atoms with Gasteiger partial charge in [-0.2, -0.15) is 0 Å². The highest BCUT2D eigenvalue weighted by molar-refractivity contribution is 7.26. The molecular formula is C37H22N2S. The summed E-state index contributed by atoms with van der Waals surface area (Å²) in [5.41, 5.74) is 4.53. The van der Waals surface area contributed by atoms with Gasteiger partial charge in [0.25, 0.3) is 0 Å². The third kappa shape index (κ3) is 3.01. The van der Waals surface area contributed by atoms with Gasteiger partial charge < -0.3 is 0 Å². The van der Waals surface area contributed by atoms with Gasteiger partial charge in [-0.3, -0.25) is 4.57 Å². The first kappa shape index (κ1) is 21.9. The first-order valence-electron chi connectivity index (χ1n) is 13.6. The molecule has 186 valence electrons. The number of thiophene rings is 1. The van der Waals surface area contributed by atoms with Gasteiger partial charge >= 0.3 is 0 Å². The Labute approximate surface area is 234 Å². The average Bonchev–Trinajstić information content (AvgIpc) is 3.57. The van der Waals surface area contributed by atoms with Crippen LogP contribution in [0.1, 0.15) is 0 Å². The highest BCUT2D eigenvalue weighted by Gasteiger charge is 2.20. The molecule has 0 aliphatic rings. The van der Waals surface area contributed by atoms with Gasteiger partial charge in [0.05, 0.1) is 21.4 Å². The van der Waals surface area contributed by atoms with Gasteiger partial charge in [-0.1, -0.05) is 115 Å². The minimum Gasteiger partial charge on any atom is -0.292 e. The lowest BCUT2D eigenvalue weighted by molar-refractivity contribution is 1.10. The number of nitrogens with zero attached hydrogens (tertiary/aromatic N) is 2. The van der Waals surface area contributed by atoms with Crippen molar-refractivity contribution in [3.05, 3.63) is 133 Å². The zero-order valence-electron chi connectivity index (χ0n) is 21.5. The molecular weight excluding hydrogens is 504 g/mol. The smallest absolute Gasteiger partial charge is 0.139 e. The van der Waals surface area contributed by atoms with Gasteiger partial charge in [0.15, 0.2) is 0 Å². The minimum absolute atomic E-state index is 0.943. The van der Waals surface area contributed by atoms with E-state index in [2.05, 4.69) is 138 Å². The zero-order chi connectivity index (χ0) is 26.2. The summed E-state index contributed by atoms with van der Waals surface area (Å²) in [6.07, 6.45) is 0. The predicted octanol–water partition coefficient (Wildman–Crippen LogP) is 10.5. The molecule has 3 heterocycles. The molecule has 3 heteroatoms. The number of fused-ring (bicyclic) bond motifs is 10. The fourth-order valence-electron chi connectivity index (χ4n) is 6.39. The molecule has 0 N–H and O–H groups in total. The second-order valence-corrected chi connectivity index (χ2v) is 11.4.